The van der Waals surface area contributed by atoms with Crippen molar-refractivity contribution in [2.45, 2.75) is 13.0 Å². The van der Waals surface area contributed by atoms with E-state index in [1.807, 2.05) is 0 Å². The highest BCUT2D eigenvalue weighted by Crippen LogP contribution is 1.83. The van der Waals surface area contributed by atoms with E-state index in [4.69, 9.17) is 5.11 Å². The molecule has 0 aromatic heterocycles. The minimum atomic E-state index is -1.03. The smallest absolute Gasteiger partial charge is 0.334 e. The lowest BCUT2D eigenvalue weighted by Crippen LogP contribution is -2.18. The van der Waals surface area contributed by atoms with Gasteiger partial charge in [0.15, 0.2) is 0 Å². The first-order valence-corrected chi connectivity index (χ1v) is 2.32. The Hall–Kier alpha value is -0.570. The molecule has 0 aliphatic heterocycles. The minimum Gasteiger partial charge on any atom is -0.464 e. The zero-order valence-electron chi connectivity index (χ0n) is 4.76. The Balaban J connectivity index is 3.33. The van der Waals surface area contributed by atoms with Crippen molar-refractivity contribution in [2.75, 3.05) is 6.61 Å². The normalized spacial score (nSPS) is 12.9. The molecular weight excluding hydrogens is 108 g/mol. The molecular formula is C5H9O3. The van der Waals surface area contributed by atoms with E-state index in [1.165, 1.54) is 6.92 Å². The third-order valence-electron chi connectivity index (χ3n) is 0.585. The molecule has 0 aliphatic carbocycles. The van der Waals surface area contributed by atoms with Gasteiger partial charge in [-0.2, -0.15) is 0 Å². The van der Waals surface area contributed by atoms with Gasteiger partial charge in [-0.1, -0.05) is 0 Å². The van der Waals surface area contributed by atoms with Crippen molar-refractivity contribution < 1.29 is 14.6 Å². The van der Waals surface area contributed by atoms with E-state index in [0.29, 0.717) is 0 Å². The third kappa shape index (κ3) is 2.58. The van der Waals surface area contributed by atoms with E-state index >= 15 is 0 Å². The largest absolute Gasteiger partial charge is 0.464 e. The van der Waals surface area contributed by atoms with Gasteiger partial charge in [0, 0.05) is 0 Å². The molecule has 47 valence electrons. The summed E-state index contributed by atoms with van der Waals surface area (Å²) < 4.78 is 4.30. The number of hydrogen-bond acceptors (Lipinski definition) is 3. The molecule has 0 heterocycles. The fraction of sp³-hybridized carbons (Fsp3) is 0.600. The number of ether oxygens (including phenoxy) is 1. The molecule has 3 nitrogen and oxygen atoms in total. The standard InChI is InChI=1S/C5H9O3/c1-3-8-5(7)4(2)6/h4,6H,1,3H2,2H3. The summed E-state index contributed by atoms with van der Waals surface area (Å²) in [6, 6.07) is 0. The number of aliphatic hydroxyl groups is 1. The first-order valence-electron chi connectivity index (χ1n) is 2.32. The molecule has 0 aromatic carbocycles. The molecule has 0 aromatic rings. The molecule has 3 heteroatoms. The molecule has 0 amide bonds. The molecule has 0 fully saturated rings. The summed E-state index contributed by atoms with van der Waals surface area (Å²) in [5.74, 6) is -0.625. The van der Waals surface area contributed by atoms with Crippen LogP contribution in [0.25, 0.3) is 0 Å². The van der Waals surface area contributed by atoms with Gasteiger partial charge in [0.05, 0.1) is 6.61 Å². The zero-order valence-corrected chi connectivity index (χ0v) is 4.76. The van der Waals surface area contributed by atoms with Crippen LogP contribution in [0.5, 0.6) is 0 Å². The summed E-state index contributed by atoms with van der Waals surface area (Å²) in [5.41, 5.74) is 0. The van der Waals surface area contributed by atoms with Crippen LogP contribution in [0.1, 0.15) is 6.92 Å². The third-order valence-corrected chi connectivity index (χ3v) is 0.585. The van der Waals surface area contributed by atoms with Gasteiger partial charge in [-0.05, 0) is 13.8 Å². The number of aliphatic hydroxyl groups excluding tert-OH is 1. The summed E-state index contributed by atoms with van der Waals surface area (Å²) in [5, 5.41) is 8.45. The summed E-state index contributed by atoms with van der Waals surface area (Å²) in [7, 11) is 0. The van der Waals surface area contributed by atoms with Crippen molar-refractivity contribution in [3.05, 3.63) is 6.92 Å². The number of carbonyl (C=O) groups excluding carboxylic acids is 1. The molecule has 1 atom stereocenters. The number of esters is 1. The molecule has 1 N–H and O–H groups in total. The maximum atomic E-state index is 10.2. The SMILES string of the molecule is [CH2]COC(=O)C(C)O. The van der Waals surface area contributed by atoms with E-state index in [2.05, 4.69) is 11.7 Å². The van der Waals surface area contributed by atoms with Crippen LogP contribution in [0.15, 0.2) is 0 Å². The average Bonchev–Trinajstić information content (AvgIpc) is 1.67. The van der Waals surface area contributed by atoms with Crippen molar-refractivity contribution in [2.24, 2.45) is 0 Å². The first-order chi connectivity index (χ1) is 3.68. The lowest BCUT2D eigenvalue weighted by Gasteiger charge is -2.01. The van der Waals surface area contributed by atoms with Crippen LogP contribution in [0.3, 0.4) is 0 Å². The lowest BCUT2D eigenvalue weighted by atomic mass is 10.4. The van der Waals surface area contributed by atoms with E-state index in [9.17, 15) is 4.79 Å². The van der Waals surface area contributed by atoms with E-state index < -0.39 is 12.1 Å². The molecule has 1 unspecified atom stereocenters. The fourth-order valence-electron chi connectivity index (χ4n) is 0.221. The number of hydrogen-bond donors (Lipinski definition) is 1. The molecule has 8 heavy (non-hydrogen) atoms. The van der Waals surface area contributed by atoms with Crippen molar-refractivity contribution in [3.63, 3.8) is 0 Å². The summed E-state index contributed by atoms with van der Waals surface area (Å²) >= 11 is 0. The predicted octanol–water partition coefficient (Wildman–Crippen LogP) is -0.256. The highest BCUT2D eigenvalue weighted by molar-refractivity contribution is 5.73. The van der Waals surface area contributed by atoms with Crippen LogP contribution in [-0.2, 0) is 9.53 Å². The van der Waals surface area contributed by atoms with Gasteiger partial charge in [0.2, 0.25) is 0 Å². The molecule has 0 saturated carbocycles. The van der Waals surface area contributed by atoms with Crippen LogP contribution in [0.2, 0.25) is 0 Å². The molecule has 1 radical (unpaired) electrons. The second-order valence-corrected chi connectivity index (χ2v) is 1.34. The minimum absolute atomic E-state index is 0.0731. The zero-order chi connectivity index (χ0) is 6.57. The van der Waals surface area contributed by atoms with E-state index in [1.54, 1.807) is 0 Å². The van der Waals surface area contributed by atoms with Crippen LogP contribution < -0.4 is 0 Å². The van der Waals surface area contributed by atoms with E-state index in [0.717, 1.165) is 0 Å². The Morgan fingerprint density at radius 3 is 2.62 bits per heavy atom. The summed E-state index contributed by atoms with van der Waals surface area (Å²) in [4.78, 5) is 10.2. The second-order valence-electron chi connectivity index (χ2n) is 1.34. The maximum absolute atomic E-state index is 10.2. The van der Waals surface area contributed by atoms with Crippen molar-refractivity contribution in [1.29, 1.82) is 0 Å². The number of carbonyl (C=O) groups is 1. The first kappa shape index (κ1) is 7.43. The average molecular weight is 117 g/mol. The van der Waals surface area contributed by atoms with Crippen molar-refractivity contribution >= 4 is 5.97 Å². The van der Waals surface area contributed by atoms with Gasteiger partial charge in [-0.15, -0.1) is 0 Å². The topological polar surface area (TPSA) is 46.5 Å². The Kier molecular flexibility index (Phi) is 3.19. The number of rotatable bonds is 2. The van der Waals surface area contributed by atoms with Gasteiger partial charge >= 0.3 is 5.97 Å². The summed E-state index contributed by atoms with van der Waals surface area (Å²) in [6.07, 6.45) is -1.03. The quantitative estimate of drug-likeness (QED) is 0.507. The van der Waals surface area contributed by atoms with Crippen LogP contribution in [0, 0.1) is 6.92 Å². The fourth-order valence-corrected chi connectivity index (χ4v) is 0.221. The molecule has 0 bridgehead atoms. The Morgan fingerprint density at radius 2 is 2.50 bits per heavy atom. The lowest BCUT2D eigenvalue weighted by molar-refractivity contribution is -0.151. The Labute approximate surface area is 48.3 Å². The van der Waals surface area contributed by atoms with Crippen LogP contribution >= 0.6 is 0 Å². The maximum Gasteiger partial charge on any atom is 0.334 e. The monoisotopic (exact) mass is 117 g/mol. The van der Waals surface area contributed by atoms with Gasteiger partial charge in [-0.25, -0.2) is 4.79 Å². The highest BCUT2D eigenvalue weighted by atomic mass is 16.5. The predicted molar refractivity (Wildman–Crippen MR) is 28.0 cm³/mol. The van der Waals surface area contributed by atoms with Gasteiger partial charge in [0.1, 0.15) is 6.10 Å². The molecule has 0 aliphatic rings. The van der Waals surface area contributed by atoms with Crippen LogP contribution in [-0.4, -0.2) is 23.8 Å². The Bertz CT molecular complexity index is 77.7. The molecule has 0 spiro atoms. The molecule has 0 saturated heterocycles. The van der Waals surface area contributed by atoms with E-state index in [-0.39, 0.29) is 6.61 Å². The molecule has 0 rings (SSSR count). The van der Waals surface area contributed by atoms with Crippen molar-refractivity contribution in [1.82, 2.24) is 0 Å². The summed E-state index contributed by atoms with van der Waals surface area (Å²) in [6.45, 7) is 4.67. The van der Waals surface area contributed by atoms with Gasteiger partial charge in [-0.3, -0.25) is 0 Å². The van der Waals surface area contributed by atoms with Gasteiger partial charge < -0.3 is 9.84 Å². The van der Waals surface area contributed by atoms with Crippen LogP contribution in [0.4, 0.5) is 0 Å². The van der Waals surface area contributed by atoms with Gasteiger partial charge in [0.25, 0.3) is 0 Å². The highest BCUT2D eigenvalue weighted by Gasteiger charge is 2.07. The Morgan fingerprint density at radius 1 is 2.00 bits per heavy atom. The second kappa shape index (κ2) is 3.43. The van der Waals surface area contributed by atoms with Crippen molar-refractivity contribution in [3.8, 4) is 0 Å².